The monoisotopic (exact) mass is 274 g/mol. The van der Waals surface area contributed by atoms with Crippen molar-refractivity contribution in [2.24, 2.45) is 0 Å². The molecule has 3 rings (SSSR count). The van der Waals surface area contributed by atoms with Crippen molar-refractivity contribution in [2.45, 2.75) is 19.5 Å². The van der Waals surface area contributed by atoms with Crippen molar-refractivity contribution >= 4 is 0 Å². The second kappa shape index (κ2) is 5.73. The van der Waals surface area contributed by atoms with E-state index in [1.807, 2.05) is 12.3 Å². The minimum absolute atomic E-state index is 0.226. The predicted octanol–water partition coefficient (Wildman–Crippen LogP) is 1.81. The summed E-state index contributed by atoms with van der Waals surface area (Å²) in [6, 6.07) is 8.93. The van der Waals surface area contributed by atoms with Gasteiger partial charge in [-0.2, -0.15) is 5.10 Å². The number of nitrogens with zero attached hydrogens (tertiary/aromatic N) is 3. The Hall–Kier alpha value is -1.72. The number of piperazine rings is 1. The molecule has 1 aliphatic heterocycles. The second-order valence-corrected chi connectivity index (χ2v) is 5.25. The van der Waals surface area contributed by atoms with Gasteiger partial charge in [0.15, 0.2) is 0 Å². The summed E-state index contributed by atoms with van der Waals surface area (Å²) < 4.78 is 14.7. The maximum atomic E-state index is 12.9. The Labute approximate surface area is 118 Å². The smallest absolute Gasteiger partial charge is 0.123 e. The number of hydrogen-bond donors (Lipinski definition) is 1. The van der Waals surface area contributed by atoms with E-state index in [0.717, 1.165) is 37.6 Å². The molecule has 20 heavy (non-hydrogen) atoms. The Morgan fingerprint density at radius 3 is 2.85 bits per heavy atom. The SMILES string of the molecule is C[C@H]1CNCCN1Cc1ccn(-c2ccc(F)cc2)n1. The number of aromatic nitrogens is 2. The molecule has 1 saturated heterocycles. The fourth-order valence-corrected chi connectivity index (χ4v) is 2.51. The molecule has 106 valence electrons. The number of nitrogens with one attached hydrogen (secondary N) is 1. The van der Waals surface area contributed by atoms with Crippen molar-refractivity contribution in [3.05, 3.63) is 48.0 Å². The summed E-state index contributed by atoms with van der Waals surface area (Å²) in [5.74, 6) is -0.226. The van der Waals surface area contributed by atoms with Crippen LogP contribution in [0.3, 0.4) is 0 Å². The lowest BCUT2D eigenvalue weighted by molar-refractivity contribution is 0.163. The lowest BCUT2D eigenvalue weighted by Crippen LogP contribution is -2.49. The third-order valence-corrected chi connectivity index (χ3v) is 3.74. The number of hydrogen-bond acceptors (Lipinski definition) is 3. The van der Waals surface area contributed by atoms with Gasteiger partial charge in [0, 0.05) is 38.4 Å². The topological polar surface area (TPSA) is 33.1 Å². The summed E-state index contributed by atoms with van der Waals surface area (Å²) in [7, 11) is 0. The van der Waals surface area contributed by atoms with Gasteiger partial charge in [-0.1, -0.05) is 0 Å². The quantitative estimate of drug-likeness (QED) is 0.926. The highest BCUT2D eigenvalue weighted by atomic mass is 19.1. The summed E-state index contributed by atoms with van der Waals surface area (Å²) in [6.07, 6.45) is 1.93. The van der Waals surface area contributed by atoms with Gasteiger partial charge in [-0.05, 0) is 37.3 Å². The van der Waals surface area contributed by atoms with Crippen LogP contribution in [-0.4, -0.2) is 40.4 Å². The molecule has 4 nitrogen and oxygen atoms in total. The average molecular weight is 274 g/mol. The minimum atomic E-state index is -0.226. The van der Waals surface area contributed by atoms with Gasteiger partial charge in [0.1, 0.15) is 5.82 Å². The fourth-order valence-electron chi connectivity index (χ4n) is 2.51. The highest BCUT2D eigenvalue weighted by molar-refractivity contribution is 5.31. The van der Waals surface area contributed by atoms with Gasteiger partial charge in [-0.25, -0.2) is 9.07 Å². The van der Waals surface area contributed by atoms with Gasteiger partial charge >= 0.3 is 0 Å². The van der Waals surface area contributed by atoms with E-state index in [0.29, 0.717) is 6.04 Å². The third-order valence-electron chi connectivity index (χ3n) is 3.74. The zero-order valence-electron chi connectivity index (χ0n) is 11.6. The van der Waals surface area contributed by atoms with Gasteiger partial charge in [-0.15, -0.1) is 0 Å². The Morgan fingerprint density at radius 2 is 2.10 bits per heavy atom. The van der Waals surface area contributed by atoms with Crippen molar-refractivity contribution < 1.29 is 4.39 Å². The van der Waals surface area contributed by atoms with Crippen LogP contribution >= 0.6 is 0 Å². The standard InChI is InChI=1S/C15H19FN4/c1-12-10-17-7-9-19(12)11-14-6-8-20(18-14)15-4-2-13(16)3-5-15/h2-6,8,12,17H,7,9-11H2,1H3/t12-/m0/s1. The van der Waals surface area contributed by atoms with E-state index in [9.17, 15) is 4.39 Å². The van der Waals surface area contributed by atoms with E-state index in [4.69, 9.17) is 0 Å². The van der Waals surface area contributed by atoms with Crippen molar-refractivity contribution in [1.29, 1.82) is 0 Å². The summed E-state index contributed by atoms with van der Waals surface area (Å²) >= 11 is 0. The molecule has 0 amide bonds. The van der Waals surface area contributed by atoms with Gasteiger partial charge in [0.05, 0.1) is 11.4 Å². The van der Waals surface area contributed by atoms with Crippen LogP contribution in [0, 0.1) is 5.82 Å². The molecule has 0 saturated carbocycles. The van der Waals surface area contributed by atoms with Crippen molar-refractivity contribution in [1.82, 2.24) is 20.0 Å². The first-order chi connectivity index (χ1) is 9.72. The average Bonchev–Trinajstić information content (AvgIpc) is 2.91. The van der Waals surface area contributed by atoms with Crippen LogP contribution in [0.15, 0.2) is 36.5 Å². The first-order valence-corrected chi connectivity index (χ1v) is 6.97. The summed E-state index contributed by atoms with van der Waals surface area (Å²) in [4.78, 5) is 2.42. The maximum absolute atomic E-state index is 12.9. The van der Waals surface area contributed by atoms with Crippen LogP contribution in [0.2, 0.25) is 0 Å². The molecule has 1 fully saturated rings. The van der Waals surface area contributed by atoms with Gasteiger partial charge in [-0.3, -0.25) is 4.90 Å². The summed E-state index contributed by atoms with van der Waals surface area (Å²) in [5, 5.41) is 7.95. The molecule has 0 aliphatic carbocycles. The molecule has 0 bridgehead atoms. The normalized spacial score (nSPS) is 20.2. The van der Waals surface area contributed by atoms with Gasteiger partial charge in [0.25, 0.3) is 0 Å². The zero-order chi connectivity index (χ0) is 13.9. The maximum Gasteiger partial charge on any atom is 0.123 e. The summed E-state index contributed by atoms with van der Waals surface area (Å²) in [6.45, 7) is 6.19. The Morgan fingerprint density at radius 1 is 1.30 bits per heavy atom. The van der Waals surface area contributed by atoms with E-state index in [2.05, 4.69) is 22.2 Å². The van der Waals surface area contributed by atoms with Crippen LogP contribution in [-0.2, 0) is 6.54 Å². The van der Waals surface area contributed by atoms with Crippen LogP contribution < -0.4 is 5.32 Å². The molecule has 1 aromatic carbocycles. The van der Waals surface area contributed by atoms with Crippen LogP contribution in [0.5, 0.6) is 0 Å². The highest BCUT2D eigenvalue weighted by Gasteiger charge is 2.18. The van der Waals surface area contributed by atoms with E-state index < -0.39 is 0 Å². The Bertz CT molecular complexity index is 564. The molecular formula is C15H19FN4. The molecule has 2 aromatic rings. The van der Waals surface area contributed by atoms with Crippen LogP contribution in [0.1, 0.15) is 12.6 Å². The van der Waals surface area contributed by atoms with Crippen molar-refractivity contribution in [3.8, 4) is 5.69 Å². The molecule has 2 heterocycles. The number of rotatable bonds is 3. The molecule has 1 atom stereocenters. The molecular weight excluding hydrogens is 255 g/mol. The van der Waals surface area contributed by atoms with E-state index >= 15 is 0 Å². The molecule has 5 heteroatoms. The molecule has 0 spiro atoms. The lowest BCUT2D eigenvalue weighted by Gasteiger charge is -2.33. The van der Waals surface area contributed by atoms with Crippen molar-refractivity contribution in [3.63, 3.8) is 0 Å². The minimum Gasteiger partial charge on any atom is -0.314 e. The zero-order valence-corrected chi connectivity index (χ0v) is 11.6. The first kappa shape index (κ1) is 13.3. The molecule has 1 N–H and O–H groups in total. The Kier molecular flexibility index (Phi) is 3.80. The van der Waals surface area contributed by atoms with Gasteiger partial charge < -0.3 is 5.32 Å². The predicted molar refractivity (Wildman–Crippen MR) is 76.3 cm³/mol. The second-order valence-electron chi connectivity index (χ2n) is 5.25. The molecule has 0 radical (unpaired) electrons. The fraction of sp³-hybridized carbons (Fsp3) is 0.400. The summed E-state index contributed by atoms with van der Waals surface area (Å²) in [5.41, 5.74) is 1.93. The van der Waals surface area contributed by atoms with E-state index in [1.165, 1.54) is 12.1 Å². The Balaban J connectivity index is 1.71. The first-order valence-electron chi connectivity index (χ1n) is 6.97. The van der Waals surface area contributed by atoms with Crippen LogP contribution in [0.4, 0.5) is 4.39 Å². The largest absolute Gasteiger partial charge is 0.314 e. The van der Waals surface area contributed by atoms with Gasteiger partial charge in [0.2, 0.25) is 0 Å². The van der Waals surface area contributed by atoms with Crippen LogP contribution in [0.25, 0.3) is 5.69 Å². The third kappa shape index (κ3) is 2.89. The van der Waals surface area contributed by atoms with E-state index in [1.54, 1.807) is 16.8 Å². The highest BCUT2D eigenvalue weighted by Crippen LogP contribution is 2.12. The van der Waals surface area contributed by atoms with Crippen molar-refractivity contribution in [2.75, 3.05) is 19.6 Å². The molecule has 1 aliphatic rings. The number of halogens is 1. The molecule has 0 unspecified atom stereocenters. The number of benzene rings is 1. The van der Waals surface area contributed by atoms with E-state index in [-0.39, 0.29) is 5.82 Å². The lowest BCUT2D eigenvalue weighted by atomic mass is 10.2. The molecule has 1 aromatic heterocycles.